The number of imidazole rings is 1. The summed E-state index contributed by atoms with van der Waals surface area (Å²) in [5.41, 5.74) is 1.30. The van der Waals surface area contributed by atoms with E-state index in [1.807, 2.05) is 60.8 Å². The van der Waals surface area contributed by atoms with Crippen molar-refractivity contribution in [2.24, 2.45) is 7.05 Å². The number of hydrogen-bond acceptors (Lipinski definition) is 5. The molecule has 4 rings (SSSR count). The van der Waals surface area contributed by atoms with Crippen molar-refractivity contribution in [1.29, 1.82) is 5.26 Å². The third-order valence-electron chi connectivity index (χ3n) is 7.76. The second kappa shape index (κ2) is 10.7. The Morgan fingerprint density at radius 1 is 1.24 bits per heavy atom. The van der Waals surface area contributed by atoms with Crippen LogP contribution in [0.15, 0.2) is 55.0 Å². The Hall–Kier alpha value is -4.12. The van der Waals surface area contributed by atoms with Gasteiger partial charge >= 0.3 is 0 Å². The number of nitriles is 1. The first-order valence-electron chi connectivity index (χ1n) is 13.0. The molecular formula is C30H35N5O3. The molecule has 2 unspecified atom stereocenters. The summed E-state index contributed by atoms with van der Waals surface area (Å²) in [5.74, 6) is 0.855. The van der Waals surface area contributed by atoms with Crippen molar-refractivity contribution in [3.05, 3.63) is 77.4 Å². The van der Waals surface area contributed by atoms with Gasteiger partial charge in [-0.1, -0.05) is 31.5 Å². The summed E-state index contributed by atoms with van der Waals surface area (Å²) >= 11 is 0. The largest absolute Gasteiger partial charge is 0.456 e. The summed E-state index contributed by atoms with van der Waals surface area (Å²) in [4.78, 5) is 31.7. The van der Waals surface area contributed by atoms with Crippen LogP contribution in [0.2, 0.25) is 0 Å². The Morgan fingerprint density at radius 3 is 2.68 bits per heavy atom. The van der Waals surface area contributed by atoms with E-state index >= 15 is 0 Å². The number of aryl methyl sites for hydroxylation is 1. The van der Waals surface area contributed by atoms with Crippen molar-refractivity contribution in [3.8, 4) is 17.6 Å². The molecule has 2 atom stereocenters. The van der Waals surface area contributed by atoms with Gasteiger partial charge in [-0.05, 0) is 61.6 Å². The van der Waals surface area contributed by atoms with Gasteiger partial charge in [0.1, 0.15) is 23.1 Å². The van der Waals surface area contributed by atoms with Crippen molar-refractivity contribution in [1.82, 2.24) is 19.8 Å². The van der Waals surface area contributed by atoms with Gasteiger partial charge in [-0.3, -0.25) is 9.59 Å². The lowest BCUT2D eigenvalue weighted by Gasteiger charge is -2.33. The van der Waals surface area contributed by atoms with Gasteiger partial charge < -0.3 is 19.5 Å². The molecule has 0 radical (unpaired) electrons. The SMILES string of the molecule is CCC1(c2cccc(Oc3cc(C(C)(NC(C)=O)c4cncn4C)ccc3C#N)c2)CCCCN(C)C1=O. The molecule has 0 bridgehead atoms. The summed E-state index contributed by atoms with van der Waals surface area (Å²) in [5, 5.41) is 12.9. The quantitative estimate of drug-likeness (QED) is 0.490. The van der Waals surface area contributed by atoms with E-state index < -0.39 is 11.0 Å². The fourth-order valence-electron chi connectivity index (χ4n) is 5.62. The maximum Gasteiger partial charge on any atom is 0.232 e. The van der Waals surface area contributed by atoms with E-state index in [-0.39, 0.29) is 11.8 Å². The average molecular weight is 514 g/mol. The van der Waals surface area contributed by atoms with Gasteiger partial charge in [0.2, 0.25) is 11.8 Å². The third-order valence-corrected chi connectivity index (χ3v) is 7.76. The predicted molar refractivity (Wildman–Crippen MR) is 145 cm³/mol. The molecule has 1 aromatic heterocycles. The normalized spacial score (nSPS) is 19.3. The van der Waals surface area contributed by atoms with Gasteiger partial charge in [-0.25, -0.2) is 4.98 Å². The molecule has 3 aromatic rings. The molecule has 1 saturated heterocycles. The van der Waals surface area contributed by atoms with Crippen LogP contribution in [0.3, 0.4) is 0 Å². The first kappa shape index (κ1) is 26.9. The topological polar surface area (TPSA) is 100 Å². The van der Waals surface area contributed by atoms with Gasteiger partial charge in [-0.15, -0.1) is 0 Å². The van der Waals surface area contributed by atoms with E-state index in [2.05, 4.69) is 23.3 Å². The van der Waals surface area contributed by atoms with Crippen molar-refractivity contribution in [2.75, 3.05) is 13.6 Å². The first-order valence-corrected chi connectivity index (χ1v) is 13.0. The van der Waals surface area contributed by atoms with Crippen LogP contribution in [0.25, 0.3) is 0 Å². The van der Waals surface area contributed by atoms with Crippen molar-refractivity contribution in [3.63, 3.8) is 0 Å². The lowest BCUT2D eigenvalue weighted by Crippen LogP contribution is -2.44. The van der Waals surface area contributed by atoms with Crippen LogP contribution in [0, 0.1) is 11.3 Å². The molecule has 1 aliphatic rings. The Labute approximate surface area is 224 Å². The maximum absolute atomic E-state index is 13.5. The molecule has 0 saturated carbocycles. The van der Waals surface area contributed by atoms with Gasteiger partial charge in [0, 0.05) is 27.6 Å². The molecule has 1 aliphatic heterocycles. The number of amides is 2. The summed E-state index contributed by atoms with van der Waals surface area (Å²) in [7, 11) is 3.74. The number of likely N-dealkylation sites (tertiary alicyclic amines) is 1. The van der Waals surface area contributed by atoms with Crippen LogP contribution in [0.1, 0.15) is 68.8 Å². The van der Waals surface area contributed by atoms with Gasteiger partial charge in [0.25, 0.3) is 0 Å². The molecule has 1 N–H and O–H groups in total. The van der Waals surface area contributed by atoms with Gasteiger partial charge in [0.15, 0.2) is 0 Å². The fourth-order valence-corrected chi connectivity index (χ4v) is 5.62. The number of carbonyl (C=O) groups excluding carboxylic acids is 2. The maximum atomic E-state index is 13.5. The summed E-state index contributed by atoms with van der Waals surface area (Å²) < 4.78 is 8.17. The highest BCUT2D eigenvalue weighted by atomic mass is 16.5. The Morgan fingerprint density at radius 2 is 2.03 bits per heavy atom. The Balaban J connectivity index is 1.76. The van der Waals surface area contributed by atoms with E-state index in [1.165, 1.54) is 6.92 Å². The van der Waals surface area contributed by atoms with Crippen molar-refractivity contribution >= 4 is 11.8 Å². The lowest BCUT2D eigenvalue weighted by molar-refractivity contribution is -0.135. The molecule has 2 amide bonds. The number of nitrogens with zero attached hydrogens (tertiary/aromatic N) is 4. The number of hydrogen-bond donors (Lipinski definition) is 1. The molecule has 8 heteroatoms. The molecule has 2 heterocycles. The summed E-state index contributed by atoms with van der Waals surface area (Å²) in [6, 6.07) is 15.1. The number of carbonyl (C=O) groups is 2. The van der Waals surface area contributed by atoms with Crippen LogP contribution in [0.5, 0.6) is 11.5 Å². The lowest BCUT2D eigenvalue weighted by atomic mass is 9.73. The minimum absolute atomic E-state index is 0.136. The molecular weight excluding hydrogens is 478 g/mol. The van der Waals surface area contributed by atoms with E-state index in [4.69, 9.17) is 4.74 Å². The molecule has 0 spiro atoms. The molecule has 8 nitrogen and oxygen atoms in total. The predicted octanol–water partition coefficient (Wildman–Crippen LogP) is 4.77. The van der Waals surface area contributed by atoms with Gasteiger partial charge in [-0.2, -0.15) is 5.26 Å². The fraction of sp³-hybridized carbons (Fsp3) is 0.400. The Kier molecular flexibility index (Phi) is 7.58. The third kappa shape index (κ3) is 4.89. The zero-order chi connectivity index (χ0) is 27.5. The summed E-state index contributed by atoms with van der Waals surface area (Å²) in [6.45, 7) is 6.19. The van der Waals surface area contributed by atoms with Crippen molar-refractivity contribution < 1.29 is 14.3 Å². The summed E-state index contributed by atoms with van der Waals surface area (Å²) in [6.07, 6.45) is 6.83. The first-order chi connectivity index (χ1) is 18.1. The van der Waals surface area contributed by atoms with Crippen molar-refractivity contribution in [2.45, 2.75) is 57.4 Å². The highest BCUT2D eigenvalue weighted by molar-refractivity contribution is 5.88. The smallest absolute Gasteiger partial charge is 0.232 e. The zero-order valence-electron chi connectivity index (χ0n) is 22.7. The van der Waals surface area contributed by atoms with Crippen LogP contribution in [-0.2, 0) is 27.6 Å². The number of nitrogens with one attached hydrogen (secondary N) is 1. The zero-order valence-corrected chi connectivity index (χ0v) is 22.7. The van der Waals surface area contributed by atoms with Crippen LogP contribution in [0.4, 0.5) is 0 Å². The second-order valence-corrected chi connectivity index (χ2v) is 10.3. The minimum Gasteiger partial charge on any atom is -0.456 e. The molecule has 1 fully saturated rings. The van der Waals surface area contributed by atoms with Gasteiger partial charge in [0.05, 0.1) is 29.2 Å². The minimum atomic E-state index is -0.908. The van der Waals surface area contributed by atoms with Crippen LogP contribution in [-0.4, -0.2) is 39.9 Å². The molecule has 2 aromatic carbocycles. The number of ether oxygens (including phenoxy) is 1. The average Bonchev–Trinajstić information content (AvgIpc) is 3.28. The Bertz CT molecular complexity index is 1390. The number of aromatic nitrogens is 2. The highest BCUT2D eigenvalue weighted by Gasteiger charge is 2.41. The van der Waals surface area contributed by atoms with E-state index in [1.54, 1.807) is 24.7 Å². The number of likely N-dealkylation sites (N-methyl/N-ethyl adjacent to an activating group) is 1. The monoisotopic (exact) mass is 513 g/mol. The van der Waals surface area contributed by atoms with E-state index in [0.717, 1.165) is 42.6 Å². The second-order valence-electron chi connectivity index (χ2n) is 10.3. The molecule has 198 valence electrons. The van der Waals surface area contributed by atoms with E-state index in [9.17, 15) is 14.9 Å². The number of rotatable bonds is 7. The number of benzene rings is 2. The molecule has 0 aliphatic carbocycles. The van der Waals surface area contributed by atoms with E-state index in [0.29, 0.717) is 23.5 Å². The standard InChI is InChI=1S/C30H35N5O3/c1-6-30(14-7-8-15-34(4)28(30)37)24-10-9-11-25(16-24)38-26-17-23(13-12-22(26)18-31)29(3,33-21(2)36)27-19-32-20-35(27)5/h9-13,16-17,19-20H,6-8,14-15H2,1-5H3,(H,33,36). The van der Waals surface area contributed by atoms with Crippen LogP contribution < -0.4 is 10.1 Å². The molecule has 38 heavy (non-hydrogen) atoms. The highest BCUT2D eigenvalue weighted by Crippen LogP contribution is 2.40. The van der Waals surface area contributed by atoms with Crippen LogP contribution >= 0.6 is 0 Å².